The molecule has 8 aromatic carbocycles. The summed E-state index contributed by atoms with van der Waals surface area (Å²) < 4.78 is 51.7. The van der Waals surface area contributed by atoms with Crippen molar-refractivity contribution in [1.82, 2.24) is 9.13 Å². The molecule has 2 aromatic heterocycles. The molecular weight excluding hydrogens is 804 g/mol. The SMILES string of the molecule is N#Cc1cc(C#N)cc(-c2ccc3c4ccccc4n(-c4cc(C(F)(F)F)c(-n5c6ccccc6c6ccc(-c7cc(C#N)cc(C#N)c7)cc65)cc4-c4cccc(C#N)c4)c3c2)c1. The zero-order valence-corrected chi connectivity index (χ0v) is 33.3. The smallest absolute Gasteiger partial charge is 0.309 e. The van der Waals surface area contributed by atoms with Gasteiger partial charge in [-0.05, 0) is 113 Å². The Labute approximate surface area is 363 Å². The molecule has 64 heavy (non-hydrogen) atoms. The molecule has 0 bridgehead atoms. The van der Waals surface area contributed by atoms with Crippen LogP contribution in [-0.2, 0) is 6.18 Å². The van der Waals surface area contributed by atoms with Crippen molar-refractivity contribution >= 4 is 43.6 Å². The summed E-state index contributed by atoms with van der Waals surface area (Å²) in [5, 5.41) is 52.1. The highest BCUT2D eigenvalue weighted by Crippen LogP contribution is 2.46. The van der Waals surface area contributed by atoms with E-state index in [2.05, 4.69) is 30.3 Å². The molecule has 0 saturated carbocycles. The van der Waals surface area contributed by atoms with Crippen molar-refractivity contribution in [3.8, 4) is 75.1 Å². The quantitative estimate of drug-likeness (QED) is 0.171. The zero-order valence-electron chi connectivity index (χ0n) is 33.3. The summed E-state index contributed by atoms with van der Waals surface area (Å²) in [6.45, 7) is 0. The summed E-state index contributed by atoms with van der Waals surface area (Å²) >= 11 is 0. The van der Waals surface area contributed by atoms with E-state index in [4.69, 9.17) is 0 Å². The van der Waals surface area contributed by atoms with Crippen LogP contribution in [0.2, 0.25) is 0 Å². The molecule has 2 heterocycles. The van der Waals surface area contributed by atoms with E-state index in [0.717, 1.165) is 10.8 Å². The molecule has 0 radical (unpaired) electrons. The largest absolute Gasteiger partial charge is 0.418 e. The minimum Gasteiger partial charge on any atom is -0.309 e. The van der Waals surface area contributed by atoms with Crippen molar-refractivity contribution in [3.63, 3.8) is 0 Å². The summed E-state index contributed by atoms with van der Waals surface area (Å²) in [7, 11) is 0. The second-order valence-corrected chi connectivity index (χ2v) is 15.3. The molecule has 0 amide bonds. The fourth-order valence-corrected chi connectivity index (χ4v) is 8.83. The first-order valence-electron chi connectivity index (χ1n) is 19.8. The van der Waals surface area contributed by atoms with E-state index in [0.29, 0.717) is 82.9 Å². The maximum absolute atomic E-state index is 16.1. The standard InChI is InChI=1S/C54H26F3N7/c55-54(56,57)47-26-52(63-48-10-3-1-8-42(48)44-14-12-37(23-50(44)63)40-19-33(28-59)16-34(20-40)29-60)46(39-7-5-6-32(18-39)27-58)25-53(47)64-49-11-4-2-9-43(49)45-15-13-38(24-51(45)64)41-21-35(30-61)17-36(22-41)31-62/h1-26H. The molecule has 0 unspecified atom stereocenters. The lowest BCUT2D eigenvalue weighted by Crippen LogP contribution is -2.13. The van der Waals surface area contributed by atoms with Crippen LogP contribution in [0, 0.1) is 56.7 Å². The fraction of sp³-hybridized carbons (Fsp3) is 0.0185. The van der Waals surface area contributed by atoms with E-state index in [1.807, 2.05) is 66.7 Å². The third kappa shape index (κ3) is 6.34. The lowest BCUT2D eigenvalue weighted by atomic mass is 9.97. The fourth-order valence-electron chi connectivity index (χ4n) is 8.83. The van der Waals surface area contributed by atoms with Gasteiger partial charge in [-0.15, -0.1) is 0 Å². The molecule has 7 nitrogen and oxygen atoms in total. The van der Waals surface area contributed by atoms with E-state index in [1.165, 1.54) is 24.3 Å². The Morgan fingerprint density at radius 3 is 1.25 bits per heavy atom. The van der Waals surface area contributed by atoms with Gasteiger partial charge in [-0.1, -0.05) is 72.8 Å². The van der Waals surface area contributed by atoms with E-state index in [9.17, 15) is 26.3 Å². The van der Waals surface area contributed by atoms with Gasteiger partial charge in [-0.3, -0.25) is 0 Å². The van der Waals surface area contributed by atoms with Crippen LogP contribution < -0.4 is 0 Å². The van der Waals surface area contributed by atoms with Crippen molar-refractivity contribution in [2.45, 2.75) is 6.18 Å². The molecule has 10 heteroatoms. The first kappa shape index (κ1) is 38.8. The van der Waals surface area contributed by atoms with Gasteiger partial charge in [0.25, 0.3) is 0 Å². The van der Waals surface area contributed by atoms with Crippen LogP contribution >= 0.6 is 0 Å². The number of alkyl halides is 3. The van der Waals surface area contributed by atoms with E-state index in [-0.39, 0.29) is 22.5 Å². The highest BCUT2D eigenvalue weighted by molar-refractivity contribution is 6.12. The van der Waals surface area contributed by atoms with Crippen LogP contribution in [0.1, 0.15) is 33.4 Å². The third-order valence-electron chi connectivity index (χ3n) is 11.6. The molecule has 10 rings (SSSR count). The lowest BCUT2D eigenvalue weighted by molar-refractivity contribution is -0.137. The number of hydrogen-bond acceptors (Lipinski definition) is 5. The molecule has 0 N–H and O–H groups in total. The lowest BCUT2D eigenvalue weighted by Gasteiger charge is -2.22. The average Bonchev–Trinajstić information content (AvgIpc) is 3.84. The topological polar surface area (TPSA) is 129 Å². The van der Waals surface area contributed by atoms with Crippen LogP contribution in [0.15, 0.2) is 158 Å². The molecule has 0 atom stereocenters. The Kier molecular flexibility index (Phi) is 9.06. The van der Waals surface area contributed by atoms with Crippen molar-refractivity contribution in [2.75, 3.05) is 0 Å². The van der Waals surface area contributed by atoms with Crippen molar-refractivity contribution in [3.05, 3.63) is 191 Å². The number of benzene rings is 8. The minimum atomic E-state index is -4.88. The molecule has 0 aliphatic heterocycles. The van der Waals surface area contributed by atoms with Crippen LogP contribution in [0.3, 0.4) is 0 Å². The molecule has 0 spiro atoms. The number of nitriles is 5. The van der Waals surface area contributed by atoms with Gasteiger partial charge < -0.3 is 9.13 Å². The monoisotopic (exact) mass is 829 g/mol. The molecule has 0 aliphatic carbocycles. The molecule has 0 fully saturated rings. The Morgan fingerprint density at radius 2 is 0.781 bits per heavy atom. The number of nitrogens with zero attached hydrogens (tertiary/aromatic N) is 7. The van der Waals surface area contributed by atoms with Gasteiger partial charge in [0.1, 0.15) is 0 Å². The second-order valence-electron chi connectivity index (χ2n) is 15.3. The van der Waals surface area contributed by atoms with Crippen molar-refractivity contribution < 1.29 is 13.2 Å². The summed E-state index contributed by atoms with van der Waals surface area (Å²) in [4.78, 5) is 0. The molecule has 10 aromatic rings. The maximum atomic E-state index is 16.1. The number of fused-ring (bicyclic) bond motifs is 6. The van der Waals surface area contributed by atoms with E-state index >= 15 is 13.2 Å². The van der Waals surface area contributed by atoms with Gasteiger partial charge >= 0.3 is 6.18 Å². The highest BCUT2D eigenvalue weighted by Gasteiger charge is 2.37. The molecule has 0 aliphatic rings. The van der Waals surface area contributed by atoms with Gasteiger partial charge in [0.05, 0.1) is 97.2 Å². The number of para-hydroxylation sites is 2. The summed E-state index contributed by atoms with van der Waals surface area (Å²) in [6, 6.07) is 55.4. The Morgan fingerprint density at radius 1 is 0.344 bits per heavy atom. The first-order chi connectivity index (χ1) is 31.1. The van der Waals surface area contributed by atoms with Crippen LogP contribution in [-0.4, -0.2) is 9.13 Å². The van der Waals surface area contributed by atoms with Gasteiger partial charge in [-0.25, -0.2) is 0 Å². The maximum Gasteiger partial charge on any atom is 0.418 e. The normalized spacial score (nSPS) is 11.3. The van der Waals surface area contributed by atoms with Gasteiger partial charge in [0.15, 0.2) is 0 Å². The van der Waals surface area contributed by atoms with Crippen LogP contribution in [0.4, 0.5) is 13.2 Å². The molecule has 0 saturated heterocycles. The summed E-state index contributed by atoms with van der Waals surface area (Å²) in [5.74, 6) is 0. The van der Waals surface area contributed by atoms with Crippen LogP contribution in [0.5, 0.6) is 0 Å². The Bertz CT molecular complexity index is 3790. The predicted molar refractivity (Wildman–Crippen MR) is 240 cm³/mol. The third-order valence-corrected chi connectivity index (χ3v) is 11.6. The number of hydrogen-bond donors (Lipinski definition) is 0. The first-order valence-corrected chi connectivity index (χ1v) is 19.8. The highest BCUT2D eigenvalue weighted by atomic mass is 19.4. The zero-order chi connectivity index (χ0) is 44.3. The van der Waals surface area contributed by atoms with Gasteiger partial charge in [0.2, 0.25) is 0 Å². The van der Waals surface area contributed by atoms with Crippen molar-refractivity contribution in [1.29, 1.82) is 26.3 Å². The Hall–Kier alpha value is -9.40. The number of rotatable bonds is 5. The number of aromatic nitrogens is 2. The second kappa shape index (κ2) is 14.9. The predicted octanol–water partition coefficient (Wildman–Crippen LogP) is 13.3. The van der Waals surface area contributed by atoms with E-state index in [1.54, 1.807) is 75.9 Å². The molecular formula is C54H26F3N7. The summed E-state index contributed by atoms with van der Waals surface area (Å²) in [5.41, 5.74) is 6.09. The number of halogens is 3. The minimum absolute atomic E-state index is 0.153. The van der Waals surface area contributed by atoms with Crippen molar-refractivity contribution in [2.24, 2.45) is 0 Å². The van der Waals surface area contributed by atoms with Crippen LogP contribution in [0.25, 0.3) is 88.4 Å². The summed E-state index contributed by atoms with van der Waals surface area (Å²) in [6.07, 6.45) is -4.88. The average molecular weight is 830 g/mol. The van der Waals surface area contributed by atoms with Gasteiger partial charge in [-0.2, -0.15) is 39.5 Å². The van der Waals surface area contributed by atoms with Gasteiger partial charge in [0, 0.05) is 27.1 Å². The molecule has 298 valence electrons. The Balaban J connectivity index is 1.33. The van der Waals surface area contributed by atoms with E-state index < -0.39 is 11.7 Å².